The third kappa shape index (κ3) is 1.79. The summed E-state index contributed by atoms with van der Waals surface area (Å²) in [5.74, 6) is 2.43. The summed E-state index contributed by atoms with van der Waals surface area (Å²) in [4.78, 5) is 4.19. The lowest BCUT2D eigenvalue weighted by Gasteiger charge is -2.35. The van der Waals surface area contributed by atoms with Crippen molar-refractivity contribution in [1.29, 1.82) is 0 Å². The summed E-state index contributed by atoms with van der Waals surface area (Å²) < 4.78 is 0. The van der Waals surface area contributed by atoms with Crippen LogP contribution in [-0.4, -0.2) is 23.0 Å². The summed E-state index contributed by atoms with van der Waals surface area (Å²) >= 11 is 2.01. The maximum atomic E-state index is 5.93. The van der Waals surface area contributed by atoms with Crippen LogP contribution in [0.25, 0.3) is 0 Å². The molecule has 0 aliphatic carbocycles. The summed E-state index contributed by atoms with van der Waals surface area (Å²) in [6.07, 6.45) is 6.28. The molecule has 0 bridgehead atoms. The zero-order chi connectivity index (χ0) is 9.86. The smallest absolute Gasteiger partial charge is 0.0306 e. The van der Waals surface area contributed by atoms with E-state index in [1.54, 1.807) is 0 Å². The second-order valence-corrected chi connectivity index (χ2v) is 4.99. The van der Waals surface area contributed by atoms with Crippen molar-refractivity contribution in [3.63, 3.8) is 0 Å². The fourth-order valence-electron chi connectivity index (χ4n) is 2.04. The molecule has 0 radical (unpaired) electrons. The molecule has 0 saturated carbocycles. The molecule has 2 N–H and O–H groups in total. The summed E-state index contributed by atoms with van der Waals surface area (Å²) in [7, 11) is 0. The molecule has 0 amide bonds. The lowest BCUT2D eigenvalue weighted by molar-refractivity contribution is 0.438. The topological polar surface area (TPSA) is 38.9 Å². The molecule has 1 aromatic rings. The molecule has 1 aromatic heterocycles. The number of pyridine rings is 1. The highest BCUT2D eigenvalue weighted by atomic mass is 32.2. The first-order valence-electron chi connectivity index (χ1n) is 5.06. The molecule has 1 saturated heterocycles. The predicted molar refractivity (Wildman–Crippen MR) is 61.5 cm³/mol. The van der Waals surface area contributed by atoms with Crippen molar-refractivity contribution in [1.82, 2.24) is 4.98 Å². The molecule has 1 fully saturated rings. The largest absolute Gasteiger partial charge is 0.330 e. The van der Waals surface area contributed by atoms with Crippen LogP contribution in [0.5, 0.6) is 0 Å². The Labute approximate surface area is 89.3 Å². The van der Waals surface area contributed by atoms with Gasteiger partial charge in [0.15, 0.2) is 0 Å². The van der Waals surface area contributed by atoms with E-state index in [9.17, 15) is 0 Å². The van der Waals surface area contributed by atoms with Gasteiger partial charge in [-0.1, -0.05) is 6.07 Å². The number of thioether (sulfide) groups is 1. The van der Waals surface area contributed by atoms with Gasteiger partial charge < -0.3 is 5.73 Å². The molecule has 1 unspecified atom stereocenters. The van der Waals surface area contributed by atoms with Crippen LogP contribution in [0.2, 0.25) is 0 Å². The Kier molecular flexibility index (Phi) is 3.08. The molecule has 2 rings (SSSR count). The second kappa shape index (κ2) is 4.32. The molecule has 14 heavy (non-hydrogen) atoms. The highest BCUT2D eigenvalue weighted by Gasteiger charge is 2.32. The number of aromatic nitrogens is 1. The van der Waals surface area contributed by atoms with Crippen LogP contribution in [-0.2, 0) is 5.41 Å². The van der Waals surface area contributed by atoms with Crippen LogP contribution in [0.1, 0.15) is 18.4 Å². The summed E-state index contributed by atoms with van der Waals surface area (Å²) in [6, 6.07) is 4.16. The van der Waals surface area contributed by atoms with Crippen molar-refractivity contribution in [2.24, 2.45) is 5.73 Å². The summed E-state index contributed by atoms with van der Waals surface area (Å²) in [6.45, 7) is 0.742. The first-order chi connectivity index (χ1) is 6.87. The van der Waals surface area contributed by atoms with E-state index in [1.807, 2.05) is 30.2 Å². The lowest BCUT2D eigenvalue weighted by Crippen LogP contribution is -2.40. The normalized spacial score (nSPS) is 27.5. The monoisotopic (exact) mass is 208 g/mol. The van der Waals surface area contributed by atoms with Gasteiger partial charge in [0.05, 0.1) is 0 Å². The number of nitrogens with two attached hydrogens (primary N) is 1. The number of rotatable bonds is 2. The third-order valence-electron chi connectivity index (χ3n) is 2.99. The predicted octanol–water partition coefficient (Wildman–Crippen LogP) is 1.81. The van der Waals surface area contributed by atoms with Gasteiger partial charge in [0.2, 0.25) is 0 Å². The van der Waals surface area contributed by atoms with E-state index < -0.39 is 0 Å². The van der Waals surface area contributed by atoms with Crippen molar-refractivity contribution < 1.29 is 0 Å². The standard InChI is InChI=1S/C11H16N2S/c12-8-11(4-2-6-14-9-11)10-3-1-5-13-7-10/h1,3,5,7H,2,4,6,8-9,12H2. The number of hydrogen-bond donors (Lipinski definition) is 1. The zero-order valence-corrected chi connectivity index (χ0v) is 9.09. The van der Waals surface area contributed by atoms with Crippen LogP contribution in [0.15, 0.2) is 24.5 Å². The molecule has 1 aliphatic heterocycles. The van der Waals surface area contributed by atoms with Crippen molar-refractivity contribution >= 4 is 11.8 Å². The number of nitrogens with zero attached hydrogens (tertiary/aromatic N) is 1. The minimum atomic E-state index is 0.192. The van der Waals surface area contributed by atoms with Crippen molar-refractivity contribution in [2.75, 3.05) is 18.1 Å². The Morgan fingerprint density at radius 3 is 3.07 bits per heavy atom. The summed E-state index contributed by atoms with van der Waals surface area (Å²) in [5, 5.41) is 0. The first-order valence-corrected chi connectivity index (χ1v) is 6.21. The van der Waals surface area contributed by atoms with E-state index in [-0.39, 0.29) is 5.41 Å². The van der Waals surface area contributed by atoms with Gasteiger partial charge in [0.25, 0.3) is 0 Å². The van der Waals surface area contributed by atoms with Gasteiger partial charge in [-0.05, 0) is 30.2 Å². The Morgan fingerprint density at radius 1 is 1.57 bits per heavy atom. The van der Waals surface area contributed by atoms with Crippen molar-refractivity contribution in [3.8, 4) is 0 Å². The highest BCUT2D eigenvalue weighted by Crippen LogP contribution is 2.36. The molecule has 1 aliphatic rings. The van der Waals surface area contributed by atoms with Crippen LogP contribution in [0, 0.1) is 0 Å². The lowest BCUT2D eigenvalue weighted by atomic mass is 9.79. The SMILES string of the molecule is NCC1(c2cccnc2)CCCSC1. The average Bonchev–Trinajstić information content (AvgIpc) is 2.31. The molecule has 2 nitrogen and oxygen atoms in total. The quantitative estimate of drug-likeness (QED) is 0.805. The maximum absolute atomic E-state index is 5.93. The fraction of sp³-hybridized carbons (Fsp3) is 0.545. The van der Waals surface area contributed by atoms with Crippen LogP contribution < -0.4 is 5.73 Å². The van der Waals surface area contributed by atoms with Gasteiger partial charge in [-0.15, -0.1) is 0 Å². The van der Waals surface area contributed by atoms with Gasteiger partial charge in [-0.2, -0.15) is 11.8 Å². The second-order valence-electron chi connectivity index (χ2n) is 3.88. The van der Waals surface area contributed by atoms with E-state index in [0.717, 1.165) is 12.3 Å². The fourth-order valence-corrected chi connectivity index (χ4v) is 3.35. The molecule has 1 atom stereocenters. The highest BCUT2D eigenvalue weighted by molar-refractivity contribution is 7.99. The van der Waals surface area contributed by atoms with E-state index >= 15 is 0 Å². The van der Waals surface area contributed by atoms with Crippen LogP contribution >= 0.6 is 11.8 Å². The van der Waals surface area contributed by atoms with Crippen molar-refractivity contribution in [3.05, 3.63) is 30.1 Å². The van der Waals surface area contributed by atoms with Gasteiger partial charge in [-0.25, -0.2) is 0 Å². The van der Waals surface area contributed by atoms with E-state index in [1.165, 1.54) is 24.2 Å². The molecule has 76 valence electrons. The minimum absolute atomic E-state index is 0.192. The summed E-state index contributed by atoms with van der Waals surface area (Å²) in [5.41, 5.74) is 7.44. The van der Waals surface area contributed by atoms with Gasteiger partial charge in [0, 0.05) is 30.1 Å². The first kappa shape index (κ1) is 9.99. The molecular weight excluding hydrogens is 192 g/mol. The Hall–Kier alpha value is -0.540. The van der Waals surface area contributed by atoms with E-state index in [4.69, 9.17) is 5.73 Å². The average molecular weight is 208 g/mol. The third-order valence-corrected chi connectivity index (χ3v) is 4.32. The van der Waals surface area contributed by atoms with E-state index in [2.05, 4.69) is 11.1 Å². The molecule has 0 aromatic carbocycles. The van der Waals surface area contributed by atoms with E-state index in [0.29, 0.717) is 0 Å². The van der Waals surface area contributed by atoms with Crippen LogP contribution in [0.3, 0.4) is 0 Å². The Morgan fingerprint density at radius 2 is 2.50 bits per heavy atom. The number of hydrogen-bond acceptors (Lipinski definition) is 3. The van der Waals surface area contributed by atoms with Crippen molar-refractivity contribution in [2.45, 2.75) is 18.3 Å². The molecule has 2 heterocycles. The van der Waals surface area contributed by atoms with Gasteiger partial charge in [0.1, 0.15) is 0 Å². The Bertz CT molecular complexity index is 281. The molecular formula is C11H16N2S. The van der Waals surface area contributed by atoms with Crippen LogP contribution in [0.4, 0.5) is 0 Å². The van der Waals surface area contributed by atoms with Gasteiger partial charge in [-0.3, -0.25) is 4.98 Å². The van der Waals surface area contributed by atoms with Gasteiger partial charge >= 0.3 is 0 Å². The maximum Gasteiger partial charge on any atom is 0.0306 e. The Balaban J connectivity index is 2.27. The molecule has 0 spiro atoms. The molecule has 3 heteroatoms. The minimum Gasteiger partial charge on any atom is -0.330 e. The zero-order valence-electron chi connectivity index (χ0n) is 8.28.